The number of primary amides is 1. The minimum atomic E-state index is -1.12. The quantitative estimate of drug-likeness (QED) is 0.181. The molecule has 44 heavy (non-hydrogen) atoms. The van der Waals surface area contributed by atoms with E-state index in [1.165, 1.54) is 16.7 Å². The number of benzene rings is 1. The van der Waals surface area contributed by atoms with Crippen LogP contribution in [0.3, 0.4) is 0 Å². The minimum absolute atomic E-state index is 0.00785. The first-order valence-corrected chi connectivity index (χ1v) is 16.2. The monoisotopic (exact) mass is 629 g/mol. The van der Waals surface area contributed by atoms with E-state index in [-0.39, 0.29) is 35.7 Å². The van der Waals surface area contributed by atoms with Crippen LogP contribution in [0.25, 0.3) is 0 Å². The van der Waals surface area contributed by atoms with Crippen molar-refractivity contribution in [3.63, 3.8) is 0 Å². The number of carbonyl (C=O) groups is 6. The van der Waals surface area contributed by atoms with Gasteiger partial charge in [0.1, 0.15) is 23.2 Å². The van der Waals surface area contributed by atoms with E-state index in [9.17, 15) is 28.8 Å². The molecule has 5 atom stereocenters. The molecule has 1 aromatic carbocycles. The Labute approximate surface area is 264 Å². The van der Waals surface area contributed by atoms with Crippen LogP contribution in [0.15, 0.2) is 30.3 Å². The van der Waals surface area contributed by atoms with Crippen molar-refractivity contribution < 1.29 is 28.8 Å². The Morgan fingerprint density at radius 3 is 2.18 bits per heavy atom. The highest BCUT2D eigenvalue weighted by Crippen LogP contribution is 2.37. The van der Waals surface area contributed by atoms with Crippen LogP contribution in [0.2, 0.25) is 0 Å². The molecule has 1 aliphatic carbocycles. The number of nitrogens with zero attached hydrogens (tertiary/aromatic N) is 1. The van der Waals surface area contributed by atoms with Crippen LogP contribution < -0.4 is 21.7 Å². The molecule has 2 fully saturated rings. The van der Waals surface area contributed by atoms with Crippen molar-refractivity contribution in [3.8, 4) is 0 Å². The van der Waals surface area contributed by atoms with Crippen LogP contribution in [-0.4, -0.2) is 75.5 Å². The van der Waals surface area contributed by atoms with Crippen molar-refractivity contribution in [1.29, 1.82) is 0 Å². The first kappa shape index (κ1) is 35.1. The van der Waals surface area contributed by atoms with Gasteiger partial charge in [0.25, 0.3) is 11.7 Å². The predicted molar refractivity (Wildman–Crippen MR) is 169 cm³/mol. The summed E-state index contributed by atoms with van der Waals surface area (Å²) in [6.07, 6.45) is 2.54. The van der Waals surface area contributed by atoms with E-state index in [4.69, 9.17) is 5.73 Å². The van der Waals surface area contributed by atoms with Gasteiger partial charge in [-0.05, 0) is 42.1 Å². The smallest absolute Gasteiger partial charge is 0.315 e. The van der Waals surface area contributed by atoms with Crippen molar-refractivity contribution in [2.75, 3.05) is 6.54 Å². The normalized spacial score (nSPS) is 20.4. The molecule has 12 heteroatoms. The fraction of sp³-hybridized carbons (Fsp3) is 0.625. The molecular weight excluding hydrogens is 582 g/mol. The molecular formula is C32H47N5O6S. The number of carbonyl (C=O) groups excluding carboxylic acids is 6. The topological polar surface area (TPSA) is 168 Å². The van der Waals surface area contributed by atoms with Gasteiger partial charge in [-0.3, -0.25) is 24.0 Å². The van der Waals surface area contributed by atoms with Gasteiger partial charge in [-0.2, -0.15) is 0 Å². The first-order chi connectivity index (χ1) is 20.6. The number of rotatable bonds is 14. The number of nitrogens with one attached hydrogen (secondary N) is 3. The first-order valence-electron chi connectivity index (χ1n) is 15.3. The second kappa shape index (κ2) is 15.0. The Kier molecular flexibility index (Phi) is 12.0. The van der Waals surface area contributed by atoms with E-state index < -0.39 is 58.5 Å². The van der Waals surface area contributed by atoms with Gasteiger partial charge in [0.2, 0.25) is 11.8 Å². The van der Waals surface area contributed by atoms with Gasteiger partial charge in [-0.25, -0.2) is 4.79 Å². The number of thioether (sulfide) groups is 1. The molecule has 0 aromatic heterocycles. The fourth-order valence-corrected chi connectivity index (χ4v) is 6.42. The maximum absolute atomic E-state index is 14.0. The summed E-state index contributed by atoms with van der Waals surface area (Å²) in [7, 11) is 0. The zero-order valence-electron chi connectivity index (χ0n) is 26.6. The predicted octanol–water partition coefficient (Wildman–Crippen LogP) is 2.56. The lowest BCUT2D eigenvalue weighted by molar-refractivity contribution is -0.142. The van der Waals surface area contributed by atoms with Crippen LogP contribution in [0, 0.1) is 17.3 Å². The average molecular weight is 630 g/mol. The summed E-state index contributed by atoms with van der Waals surface area (Å²) in [6, 6.07) is 6.51. The van der Waals surface area contributed by atoms with Gasteiger partial charge in [0.05, 0.1) is 0 Å². The highest BCUT2D eigenvalue weighted by Gasteiger charge is 2.45. The third-order valence-corrected chi connectivity index (χ3v) is 9.36. The number of ketones is 2. The molecule has 11 nitrogen and oxygen atoms in total. The van der Waals surface area contributed by atoms with E-state index in [0.29, 0.717) is 13.0 Å². The van der Waals surface area contributed by atoms with Crippen LogP contribution in [0.5, 0.6) is 0 Å². The molecule has 3 rings (SSSR count). The zero-order valence-corrected chi connectivity index (χ0v) is 27.4. The largest absolute Gasteiger partial charge is 0.363 e. The highest BCUT2D eigenvalue weighted by molar-refractivity contribution is 8.01. The number of urea groups is 1. The van der Waals surface area contributed by atoms with Crippen molar-refractivity contribution in [3.05, 3.63) is 35.9 Å². The van der Waals surface area contributed by atoms with Crippen molar-refractivity contribution >= 4 is 47.1 Å². The number of Topliss-reactive ketones (excluding diaryl/α,β-unsaturated/α-hetero) is 2. The van der Waals surface area contributed by atoms with Gasteiger partial charge in [-0.15, -0.1) is 11.8 Å². The van der Waals surface area contributed by atoms with E-state index >= 15 is 0 Å². The average Bonchev–Trinajstić information content (AvgIpc) is 3.67. The molecule has 1 saturated carbocycles. The summed E-state index contributed by atoms with van der Waals surface area (Å²) in [5, 5.41) is 7.43. The highest BCUT2D eigenvalue weighted by atomic mass is 32.2. The van der Waals surface area contributed by atoms with Gasteiger partial charge < -0.3 is 26.6 Å². The Bertz CT molecular complexity index is 1230. The van der Waals surface area contributed by atoms with E-state index in [1.807, 2.05) is 71.9 Å². The second-order valence-corrected chi connectivity index (χ2v) is 14.9. The molecule has 5 N–H and O–H groups in total. The molecule has 0 radical (unpaired) electrons. The molecule has 5 unspecified atom stereocenters. The van der Waals surface area contributed by atoms with Gasteiger partial charge in [0, 0.05) is 30.7 Å². The molecule has 242 valence electrons. The summed E-state index contributed by atoms with van der Waals surface area (Å²) in [4.78, 5) is 79.0. The Hall–Kier alpha value is -3.41. The number of nitrogens with two attached hydrogens (primary N) is 1. The lowest BCUT2D eigenvalue weighted by Gasteiger charge is -2.36. The van der Waals surface area contributed by atoms with Crippen LogP contribution in [-0.2, 0) is 30.4 Å². The van der Waals surface area contributed by atoms with Crippen molar-refractivity contribution in [1.82, 2.24) is 20.9 Å². The number of amides is 5. The number of hydrogen-bond acceptors (Lipinski definition) is 7. The van der Waals surface area contributed by atoms with Gasteiger partial charge in [0.15, 0.2) is 0 Å². The molecule has 1 heterocycles. The number of likely N-dealkylation sites (tertiary alicyclic amines) is 1. The summed E-state index contributed by atoms with van der Waals surface area (Å²) in [5.74, 6) is -3.03. The Morgan fingerprint density at radius 2 is 1.64 bits per heavy atom. The van der Waals surface area contributed by atoms with Crippen LogP contribution in [0.4, 0.5) is 4.79 Å². The molecule has 0 spiro atoms. The standard InChI is InChI=1S/C32H47N5O6S/c1-18(2)23(16-21(38)15-20-10-8-7-9-11-20)34-31(43)35-26(32(4,5)6)30(42)37-17-19(3)14-24(37)28(41)36-29(25(39)27(33)40)44-22-12-13-22/h7-11,18-19,22-24,26,29H,12-17H2,1-6H3,(H2,33,40)(H,36,41)(H2,34,35,43). The summed E-state index contributed by atoms with van der Waals surface area (Å²) < 4.78 is 0. The minimum Gasteiger partial charge on any atom is -0.363 e. The third kappa shape index (κ3) is 10.1. The number of hydrogen-bond donors (Lipinski definition) is 4. The van der Waals surface area contributed by atoms with E-state index in [1.54, 1.807) is 0 Å². The molecule has 1 aliphatic heterocycles. The Balaban J connectivity index is 1.70. The summed E-state index contributed by atoms with van der Waals surface area (Å²) >= 11 is 1.20. The molecule has 2 aliphatic rings. The lowest BCUT2D eigenvalue weighted by atomic mass is 9.85. The fourth-order valence-electron chi connectivity index (χ4n) is 5.20. The Morgan fingerprint density at radius 1 is 1.00 bits per heavy atom. The molecule has 1 saturated heterocycles. The van der Waals surface area contributed by atoms with Crippen molar-refractivity contribution in [2.24, 2.45) is 23.0 Å². The summed E-state index contributed by atoms with van der Waals surface area (Å²) in [6.45, 7) is 11.5. The van der Waals surface area contributed by atoms with Gasteiger partial charge >= 0.3 is 6.03 Å². The van der Waals surface area contributed by atoms with Crippen molar-refractivity contribution in [2.45, 2.75) is 102 Å². The lowest BCUT2D eigenvalue weighted by Crippen LogP contribution is -2.60. The zero-order chi connectivity index (χ0) is 32.8. The molecule has 5 amide bonds. The van der Waals surface area contributed by atoms with Crippen LogP contribution >= 0.6 is 11.8 Å². The van der Waals surface area contributed by atoms with E-state index in [0.717, 1.165) is 18.4 Å². The second-order valence-electron chi connectivity index (χ2n) is 13.5. The molecule has 0 bridgehead atoms. The summed E-state index contributed by atoms with van der Waals surface area (Å²) in [5.41, 5.74) is 5.41. The SMILES string of the molecule is CC1CC(C(=O)NC(SC2CC2)C(=O)C(N)=O)N(C(=O)C(NC(=O)NC(CC(=O)Cc2ccccc2)C(C)C)C(C)(C)C)C1. The molecule has 1 aromatic rings. The van der Waals surface area contributed by atoms with Gasteiger partial charge in [-0.1, -0.05) is 71.9 Å². The maximum Gasteiger partial charge on any atom is 0.315 e. The third-order valence-electron chi connectivity index (χ3n) is 7.90. The maximum atomic E-state index is 14.0. The van der Waals surface area contributed by atoms with E-state index in [2.05, 4.69) is 16.0 Å². The van der Waals surface area contributed by atoms with Crippen LogP contribution in [0.1, 0.15) is 72.8 Å².